The lowest BCUT2D eigenvalue weighted by atomic mass is 10.0. The first-order valence-electron chi connectivity index (χ1n) is 11.4. The number of benzene rings is 2. The summed E-state index contributed by atoms with van der Waals surface area (Å²) in [5, 5.41) is 6.93. The molecule has 2 aromatic carbocycles. The van der Waals surface area contributed by atoms with Crippen LogP contribution in [0.4, 0.5) is 30.1 Å². The van der Waals surface area contributed by atoms with Gasteiger partial charge in [-0.1, -0.05) is 35.1 Å². The number of rotatable bonds is 3. The van der Waals surface area contributed by atoms with Gasteiger partial charge < -0.3 is 20.9 Å². The zero-order valence-corrected chi connectivity index (χ0v) is 20.6. The third-order valence-corrected chi connectivity index (χ3v) is 7.51. The van der Waals surface area contributed by atoms with Crippen LogP contribution in [0.15, 0.2) is 24.3 Å². The van der Waals surface area contributed by atoms with E-state index in [1.807, 2.05) is 11.0 Å². The molecule has 2 fully saturated rings. The van der Waals surface area contributed by atoms with Gasteiger partial charge in [-0.3, -0.25) is 5.32 Å². The summed E-state index contributed by atoms with van der Waals surface area (Å²) in [7, 11) is 0. The van der Waals surface area contributed by atoms with Crippen molar-refractivity contribution in [1.82, 2.24) is 25.6 Å². The third-order valence-electron chi connectivity index (χ3n) is 6.36. The molecule has 2 aliphatic heterocycles. The van der Waals surface area contributed by atoms with Crippen molar-refractivity contribution in [2.24, 2.45) is 0 Å². The Balaban J connectivity index is 1.58. The Morgan fingerprint density at radius 1 is 1.06 bits per heavy atom. The molecule has 2 saturated heterocycles. The number of alkyl halides is 2. The lowest BCUT2D eigenvalue weighted by Crippen LogP contribution is -2.54. The summed E-state index contributed by atoms with van der Waals surface area (Å²) in [6.07, 6.45) is 0. The smallest absolute Gasteiger partial charge is 0.277 e. The zero-order valence-electron chi connectivity index (χ0n) is 19.0. The maximum Gasteiger partial charge on any atom is 0.277 e. The molecule has 0 bridgehead atoms. The van der Waals surface area contributed by atoms with Gasteiger partial charge in [-0.05, 0) is 12.1 Å². The number of para-hydroxylation sites is 1. The van der Waals surface area contributed by atoms with Crippen LogP contribution in [0.3, 0.4) is 0 Å². The lowest BCUT2D eigenvalue weighted by Gasteiger charge is -2.34. The van der Waals surface area contributed by atoms with Gasteiger partial charge in [0, 0.05) is 42.7 Å². The summed E-state index contributed by atoms with van der Waals surface area (Å²) >= 11 is 7.98. The standard InChI is InChI=1S/C23H22ClF3N8S/c24-14-8-13-19(17(25)16(14)12-2-1-3-15-18(12)31-21(28)36-15)32-22(35-10-23(26,27)9-30-11-35)33-20(13)34-6-4-29-5-7-34/h1-3,8,29-30H,4-7,9-11H2,(H2,28,31). The van der Waals surface area contributed by atoms with Crippen molar-refractivity contribution in [3.8, 4) is 11.1 Å². The van der Waals surface area contributed by atoms with E-state index >= 15 is 4.39 Å². The molecule has 2 aromatic heterocycles. The monoisotopic (exact) mass is 534 g/mol. The second-order valence-corrected chi connectivity index (χ2v) is 10.3. The number of nitrogens with two attached hydrogens (primary N) is 1. The number of nitrogens with one attached hydrogen (secondary N) is 2. The van der Waals surface area contributed by atoms with Crippen molar-refractivity contribution in [3.63, 3.8) is 0 Å². The summed E-state index contributed by atoms with van der Waals surface area (Å²) in [5.74, 6) is -3.12. The van der Waals surface area contributed by atoms with Crippen molar-refractivity contribution in [2.45, 2.75) is 5.92 Å². The molecule has 0 aliphatic carbocycles. The molecule has 6 rings (SSSR count). The minimum atomic E-state index is -2.96. The maximum atomic E-state index is 16.4. The Bertz CT molecular complexity index is 1470. The van der Waals surface area contributed by atoms with Gasteiger partial charge >= 0.3 is 0 Å². The van der Waals surface area contributed by atoms with E-state index in [2.05, 4.69) is 25.6 Å². The Morgan fingerprint density at radius 2 is 1.86 bits per heavy atom. The molecule has 8 nitrogen and oxygen atoms in total. The molecule has 4 N–H and O–H groups in total. The number of aromatic nitrogens is 3. The third kappa shape index (κ3) is 4.07. The molecule has 0 amide bonds. The van der Waals surface area contributed by atoms with E-state index in [0.29, 0.717) is 53.6 Å². The fourth-order valence-corrected chi connectivity index (χ4v) is 5.80. The number of nitrogens with zero attached hydrogens (tertiary/aromatic N) is 5. The van der Waals surface area contributed by atoms with Crippen LogP contribution >= 0.6 is 22.9 Å². The molecular weight excluding hydrogens is 513 g/mol. The van der Waals surface area contributed by atoms with Crippen molar-refractivity contribution in [3.05, 3.63) is 35.1 Å². The molecule has 36 heavy (non-hydrogen) atoms. The second kappa shape index (κ2) is 8.87. The number of hydrogen-bond acceptors (Lipinski definition) is 9. The fourth-order valence-electron chi connectivity index (χ4n) is 4.75. The first kappa shape index (κ1) is 23.5. The SMILES string of the molecule is Nc1nc2c(-c3c(Cl)cc4c(N5CCNCC5)nc(N5CNCC(F)(F)C5)nc4c3F)cccc2s1. The average molecular weight is 535 g/mol. The molecule has 0 atom stereocenters. The first-order chi connectivity index (χ1) is 17.3. The molecule has 4 aromatic rings. The summed E-state index contributed by atoms with van der Waals surface area (Å²) in [4.78, 5) is 16.8. The normalized spacial score (nSPS) is 18.3. The molecular formula is C23H22ClF3N8S. The Hall–Kier alpha value is -2.93. The molecule has 0 radical (unpaired) electrons. The minimum Gasteiger partial charge on any atom is -0.375 e. The fraction of sp³-hybridized carbons (Fsp3) is 0.348. The topological polar surface area (TPSA) is 95.2 Å². The van der Waals surface area contributed by atoms with Crippen LogP contribution in [-0.2, 0) is 0 Å². The van der Waals surface area contributed by atoms with Crippen LogP contribution in [0, 0.1) is 5.82 Å². The highest BCUT2D eigenvalue weighted by Crippen LogP contribution is 2.42. The lowest BCUT2D eigenvalue weighted by molar-refractivity contribution is -0.00235. The highest BCUT2D eigenvalue weighted by molar-refractivity contribution is 7.22. The zero-order chi connectivity index (χ0) is 25.0. The number of hydrogen-bond donors (Lipinski definition) is 3. The summed E-state index contributed by atoms with van der Waals surface area (Å²) in [6.45, 7) is 1.80. The number of thiazole rings is 1. The number of anilines is 3. The van der Waals surface area contributed by atoms with E-state index in [-0.39, 0.29) is 28.7 Å². The van der Waals surface area contributed by atoms with Gasteiger partial charge in [-0.25, -0.2) is 23.1 Å². The van der Waals surface area contributed by atoms with Crippen LogP contribution in [0.25, 0.3) is 32.2 Å². The molecule has 0 unspecified atom stereocenters. The first-order valence-corrected chi connectivity index (χ1v) is 12.6. The van der Waals surface area contributed by atoms with Crippen LogP contribution in [0.1, 0.15) is 0 Å². The van der Waals surface area contributed by atoms with Crippen LogP contribution in [-0.4, -0.2) is 66.8 Å². The molecule has 0 spiro atoms. The van der Waals surface area contributed by atoms with E-state index in [1.54, 1.807) is 18.2 Å². The second-order valence-electron chi connectivity index (χ2n) is 8.87. The highest BCUT2D eigenvalue weighted by atomic mass is 35.5. The summed E-state index contributed by atoms with van der Waals surface area (Å²) in [6, 6.07) is 7.01. The minimum absolute atomic E-state index is 0.0158. The van der Waals surface area contributed by atoms with Gasteiger partial charge in [0.25, 0.3) is 5.92 Å². The molecule has 13 heteroatoms. The highest BCUT2D eigenvalue weighted by Gasteiger charge is 2.37. The summed E-state index contributed by atoms with van der Waals surface area (Å²) in [5.41, 5.74) is 7.09. The van der Waals surface area contributed by atoms with Gasteiger partial charge in [0.2, 0.25) is 5.95 Å². The van der Waals surface area contributed by atoms with E-state index < -0.39 is 24.8 Å². The Kier molecular flexibility index (Phi) is 5.78. The molecule has 2 aliphatic rings. The largest absolute Gasteiger partial charge is 0.375 e. The number of nitrogen functional groups attached to an aromatic ring is 1. The van der Waals surface area contributed by atoms with Gasteiger partial charge in [0.05, 0.1) is 35.0 Å². The van der Waals surface area contributed by atoms with Gasteiger partial charge in [-0.15, -0.1) is 0 Å². The molecule has 0 saturated carbocycles. The van der Waals surface area contributed by atoms with Crippen LogP contribution < -0.4 is 26.2 Å². The predicted octanol–water partition coefficient (Wildman–Crippen LogP) is 3.69. The van der Waals surface area contributed by atoms with Gasteiger partial charge in [-0.2, -0.15) is 4.98 Å². The number of halogens is 4. The average Bonchev–Trinajstić information content (AvgIpc) is 3.24. The van der Waals surface area contributed by atoms with Crippen molar-refractivity contribution < 1.29 is 13.2 Å². The van der Waals surface area contributed by atoms with E-state index in [0.717, 1.165) is 4.70 Å². The predicted molar refractivity (Wildman–Crippen MR) is 138 cm³/mol. The molecule has 188 valence electrons. The van der Waals surface area contributed by atoms with E-state index in [4.69, 9.17) is 17.3 Å². The van der Waals surface area contributed by atoms with Crippen LogP contribution in [0.2, 0.25) is 5.02 Å². The Morgan fingerprint density at radius 3 is 2.64 bits per heavy atom. The number of piperazine rings is 1. The van der Waals surface area contributed by atoms with Crippen molar-refractivity contribution in [1.29, 1.82) is 0 Å². The number of fused-ring (bicyclic) bond motifs is 2. The van der Waals surface area contributed by atoms with E-state index in [9.17, 15) is 8.78 Å². The molecule has 4 heterocycles. The summed E-state index contributed by atoms with van der Waals surface area (Å²) < 4.78 is 45.5. The van der Waals surface area contributed by atoms with Gasteiger partial charge in [0.1, 0.15) is 11.3 Å². The van der Waals surface area contributed by atoms with Crippen molar-refractivity contribution >= 4 is 61.0 Å². The quantitative estimate of drug-likeness (QED) is 0.366. The Labute approximate surface area is 213 Å². The van der Waals surface area contributed by atoms with Crippen molar-refractivity contribution in [2.75, 3.05) is 61.5 Å². The van der Waals surface area contributed by atoms with Crippen LogP contribution in [0.5, 0.6) is 0 Å². The maximum absolute atomic E-state index is 16.4. The van der Waals surface area contributed by atoms with Gasteiger partial charge in [0.15, 0.2) is 10.9 Å². The van der Waals surface area contributed by atoms with E-state index in [1.165, 1.54) is 16.2 Å².